The van der Waals surface area contributed by atoms with Crippen LogP contribution in [0.5, 0.6) is 0 Å². The van der Waals surface area contributed by atoms with Gasteiger partial charge in [0.25, 0.3) is 0 Å². The number of nitrogens with two attached hydrogens (primary N) is 1. The predicted octanol–water partition coefficient (Wildman–Crippen LogP) is -1.62. The van der Waals surface area contributed by atoms with Gasteiger partial charge in [0.15, 0.2) is 0 Å². The summed E-state index contributed by atoms with van der Waals surface area (Å²) < 4.78 is 0. The largest absolute Gasteiger partial charge is 0.329 e. The Kier molecular flexibility index (Phi) is 4.34. The highest BCUT2D eigenvalue weighted by molar-refractivity contribution is 4.74. The summed E-state index contributed by atoms with van der Waals surface area (Å²) in [7, 11) is 0. The first kappa shape index (κ1) is 11.3. The number of hydrogen-bond acceptors (Lipinski definition) is 5. The molecule has 0 atom stereocenters. The maximum Gasteiger partial charge on any atom is 0.0261 e. The number of piperazine rings is 2. The Balaban J connectivity index is 1.72. The summed E-state index contributed by atoms with van der Waals surface area (Å²) in [6, 6.07) is 0. The zero-order chi connectivity index (χ0) is 10.5. The second-order valence-corrected chi connectivity index (χ2v) is 4.29. The fourth-order valence-corrected chi connectivity index (χ4v) is 2.36. The summed E-state index contributed by atoms with van der Waals surface area (Å²) in [5.41, 5.74) is 5.56. The lowest BCUT2D eigenvalue weighted by Gasteiger charge is -2.42. The summed E-state index contributed by atoms with van der Waals surface area (Å²) in [4.78, 5) is 2.46. The second-order valence-electron chi connectivity index (χ2n) is 4.29. The molecule has 2 rings (SSSR count). The van der Waals surface area contributed by atoms with Gasteiger partial charge >= 0.3 is 0 Å². The monoisotopic (exact) mass is 213 g/mol. The maximum atomic E-state index is 5.56. The number of hydrazine groups is 1. The minimum Gasteiger partial charge on any atom is -0.329 e. The van der Waals surface area contributed by atoms with Gasteiger partial charge in [-0.1, -0.05) is 0 Å². The lowest BCUT2D eigenvalue weighted by Crippen LogP contribution is -2.58. The average molecular weight is 213 g/mol. The molecule has 0 bridgehead atoms. The predicted molar refractivity (Wildman–Crippen MR) is 61.5 cm³/mol. The van der Waals surface area contributed by atoms with Crippen LogP contribution in [0.4, 0.5) is 0 Å². The minimum absolute atomic E-state index is 0.785. The molecule has 88 valence electrons. The van der Waals surface area contributed by atoms with E-state index in [0.717, 1.165) is 39.3 Å². The van der Waals surface area contributed by atoms with Gasteiger partial charge in [-0.15, -0.1) is 0 Å². The molecule has 0 aliphatic carbocycles. The molecule has 0 radical (unpaired) electrons. The van der Waals surface area contributed by atoms with E-state index in [9.17, 15) is 0 Å². The summed E-state index contributed by atoms with van der Waals surface area (Å²) in [6.45, 7) is 11.1. The van der Waals surface area contributed by atoms with Crippen LogP contribution in [-0.4, -0.2) is 80.4 Å². The second kappa shape index (κ2) is 5.77. The highest BCUT2D eigenvalue weighted by Gasteiger charge is 2.22. The number of hydrogen-bond donors (Lipinski definition) is 2. The van der Waals surface area contributed by atoms with Gasteiger partial charge in [0, 0.05) is 65.4 Å². The molecular formula is C10H23N5. The Morgan fingerprint density at radius 2 is 1.47 bits per heavy atom. The van der Waals surface area contributed by atoms with E-state index in [1.54, 1.807) is 0 Å². The molecule has 0 aromatic heterocycles. The van der Waals surface area contributed by atoms with Crippen LogP contribution in [0.3, 0.4) is 0 Å². The third-order valence-corrected chi connectivity index (χ3v) is 3.29. The molecule has 2 aliphatic heterocycles. The lowest BCUT2D eigenvalue weighted by atomic mass is 10.3. The topological polar surface area (TPSA) is 47.8 Å². The minimum atomic E-state index is 0.785. The van der Waals surface area contributed by atoms with Crippen molar-refractivity contribution in [2.24, 2.45) is 5.73 Å². The van der Waals surface area contributed by atoms with Crippen LogP contribution < -0.4 is 11.1 Å². The van der Waals surface area contributed by atoms with Gasteiger partial charge in [-0.05, 0) is 0 Å². The summed E-state index contributed by atoms with van der Waals surface area (Å²) in [6.07, 6.45) is 0. The van der Waals surface area contributed by atoms with E-state index >= 15 is 0 Å². The molecule has 0 saturated carbocycles. The van der Waals surface area contributed by atoms with E-state index in [1.807, 2.05) is 0 Å². The smallest absolute Gasteiger partial charge is 0.0261 e. The van der Waals surface area contributed by atoms with E-state index in [-0.39, 0.29) is 0 Å². The van der Waals surface area contributed by atoms with Crippen molar-refractivity contribution in [1.82, 2.24) is 20.2 Å². The van der Waals surface area contributed by atoms with Gasteiger partial charge in [-0.3, -0.25) is 4.90 Å². The van der Waals surface area contributed by atoms with Crippen LogP contribution in [0.25, 0.3) is 0 Å². The van der Waals surface area contributed by atoms with E-state index in [4.69, 9.17) is 5.73 Å². The zero-order valence-electron chi connectivity index (χ0n) is 9.49. The number of nitrogens with one attached hydrogen (secondary N) is 1. The molecule has 0 spiro atoms. The van der Waals surface area contributed by atoms with E-state index in [2.05, 4.69) is 20.2 Å². The Bertz CT molecular complexity index is 173. The van der Waals surface area contributed by atoms with Gasteiger partial charge < -0.3 is 11.1 Å². The average Bonchev–Trinajstić information content (AvgIpc) is 2.32. The van der Waals surface area contributed by atoms with Gasteiger partial charge in [0.05, 0.1) is 0 Å². The normalized spacial score (nSPS) is 27.0. The third kappa shape index (κ3) is 3.12. The highest BCUT2D eigenvalue weighted by atomic mass is 15.6. The van der Waals surface area contributed by atoms with E-state index in [0.29, 0.717) is 0 Å². The lowest BCUT2D eigenvalue weighted by molar-refractivity contribution is -0.0632. The molecule has 0 amide bonds. The van der Waals surface area contributed by atoms with Crippen LogP contribution in [-0.2, 0) is 0 Å². The van der Waals surface area contributed by atoms with Crippen molar-refractivity contribution in [3.05, 3.63) is 0 Å². The van der Waals surface area contributed by atoms with Crippen LogP contribution in [0, 0.1) is 0 Å². The van der Waals surface area contributed by atoms with Crippen LogP contribution in [0.1, 0.15) is 0 Å². The van der Waals surface area contributed by atoms with Gasteiger partial charge in [0.1, 0.15) is 0 Å². The quantitative estimate of drug-likeness (QED) is 0.590. The Hall–Kier alpha value is -0.200. The molecule has 5 heteroatoms. The molecule has 2 heterocycles. The molecular weight excluding hydrogens is 190 g/mol. The van der Waals surface area contributed by atoms with Crippen molar-refractivity contribution in [3.8, 4) is 0 Å². The first-order valence-corrected chi connectivity index (χ1v) is 6.03. The first-order valence-electron chi connectivity index (χ1n) is 6.03. The Morgan fingerprint density at radius 1 is 0.867 bits per heavy atom. The standard InChI is InChI=1S/C10H23N5/c11-1-4-13-7-9-15(10-8-13)14-5-2-12-3-6-14/h12H,1-11H2. The highest BCUT2D eigenvalue weighted by Crippen LogP contribution is 2.06. The van der Waals surface area contributed by atoms with E-state index < -0.39 is 0 Å². The third-order valence-electron chi connectivity index (χ3n) is 3.29. The molecule has 0 aromatic carbocycles. The van der Waals surface area contributed by atoms with Gasteiger partial charge in [0.2, 0.25) is 0 Å². The van der Waals surface area contributed by atoms with Gasteiger partial charge in [-0.25, -0.2) is 10.0 Å². The summed E-state index contributed by atoms with van der Waals surface area (Å²) in [5.74, 6) is 0. The Labute approximate surface area is 92.2 Å². The zero-order valence-corrected chi connectivity index (χ0v) is 9.49. The molecule has 0 aromatic rings. The summed E-state index contributed by atoms with van der Waals surface area (Å²) in [5, 5.41) is 8.39. The van der Waals surface area contributed by atoms with Crippen molar-refractivity contribution < 1.29 is 0 Å². The maximum absolute atomic E-state index is 5.56. The van der Waals surface area contributed by atoms with Crippen molar-refractivity contribution in [2.75, 3.05) is 65.4 Å². The molecule has 2 aliphatic rings. The van der Waals surface area contributed by atoms with Crippen molar-refractivity contribution >= 4 is 0 Å². The summed E-state index contributed by atoms with van der Waals surface area (Å²) >= 11 is 0. The first-order chi connectivity index (χ1) is 7.40. The van der Waals surface area contributed by atoms with Crippen LogP contribution in [0.15, 0.2) is 0 Å². The molecule has 15 heavy (non-hydrogen) atoms. The molecule has 5 nitrogen and oxygen atoms in total. The van der Waals surface area contributed by atoms with Crippen LogP contribution in [0.2, 0.25) is 0 Å². The number of rotatable bonds is 3. The van der Waals surface area contributed by atoms with Crippen molar-refractivity contribution in [1.29, 1.82) is 0 Å². The van der Waals surface area contributed by atoms with Crippen LogP contribution >= 0.6 is 0 Å². The SMILES string of the molecule is NCCN1CCN(N2CCNCC2)CC1. The molecule has 2 fully saturated rings. The Morgan fingerprint density at radius 3 is 2.07 bits per heavy atom. The fourth-order valence-electron chi connectivity index (χ4n) is 2.36. The van der Waals surface area contributed by atoms with E-state index in [1.165, 1.54) is 26.2 Å². The fraction of sp³-hybridized carbons (Fsp3) is 1.00. The van der Waals surface area contributed by atoms with Crippen molar-refractivity contribution in [2.45, 2.75) is 0 Å². The molecule has 3 N–H and O–H groups in total. The van der Waals surface area contributed by atoms with Crippen molar-refractivity contribution in [3.63, 3.8) is 0 Å². The number of nitrogens with zero attached hydrogens (tertiary/aromatic N) is 3. The molecule has 0 unspecified atom stereocenters. The van der Waals surface area contributed by atoms with Gasteiger partial charge in [-0.2, -0.15) is 0 Å². The molecule has 2 saturated heterocycles.